The zero-order chi connectivity index (χ0) is 15.1. The molecule has 116 valence electrons. The van der Waals surface area contributed by atoms with Crippen LogP contribution in [0.15, 0.2) is 24.4 Å². The summed E-state index contributed by atoms with van der Waals surface area (Å²) < 4.78 is 0. The summed E-state index contributed by atoms with van der Waals surface area (Å²) in [5, 5.41) is 0. The zero-order valence-electron chi connectivity index (χ0n) is 12.9. The summed E-state index contributed by atoms with van der Waals surface area (Å²) in [4.78, 5) is 20.6. The van der Waals surface area contributed by atoms with Gasteiger partial charge in [-0.2, -0.15) is 0 Å². The van der Waals surface area contributed by atoms with Crippen molar-refractivity contribution in [1.82, 2.24) is 14.8 Å². The first-order chi connectivity index (χ1) is 10.2. The van der Waals surface area contributed by atoms with E-state index in [1.807, 2.05) is 18.3 Å². The molecule has 1 saturated heterocycles. The molecular weight excluding hydrogens is 264 g/mol. The van der Waals surface area contributed by atoms with Gasteiger partial charge in [0.1, 0.15) is 0 Å². The molecule has 1 aliphatic rings. The highest BCUT2D eigenvalue weighted by Crippen LogP contribution is 2.13. The number of aromatic nitrogens is 1. The van der Waals surface area contributed by atoms with Crippen molar-refractivity contribution in [3.8, 4) is 0 Å². The summed E-state index contributed by atoms with van der Waals surface area (Å²) in [6.45, 7) is 6.76. The van der Waals surface area contributed by atoms with Gasteiger partial charge >= 0.3 is 0 Å². The monoisotopic (exact) mass is 290 g/mol. The van der Waals surface area contributed by atoms with E-state index in [4.69, 9.17) is 5.73 Å². The highest BCUT2D eigenvalue weighted by molar-refractivity contribution is 5.79. The van der Waals surface area contributed by atoms with E-state index >= 15 is 0 Å². The predicted molar refractivity (Wildman–Crippen MR) is 83.6 cm³/mol. The van der Waals surface area contributed by atoms with Gasteiger partial charge in [-0.1, -0.05) is 25.8 Å². The van der Waals surface area contributed by atoms with Gasteiger partial charge in [0, 0.05) is 38.9 Å². The van der Waals surface area contributed by atoms with Crippen LogP contribution < -0.4 is 5.73 Å². The number of carbonyl (C=O) groups excluding carboxylic acids is 1. The zero-order valence-corrected chi connectivity index (χ0v) is 12.9. The number of primary amides is 1. The van der Waals surface area contributed by atoms with Crippen LogP contribution in [0.3, 0.4) is 0 Å². The molecule has 1 aromatic rings. The lowest BCUT2D eigenvalue weighted by atomic mass is 10.1. The molecule has 0 aliphatic carbocycles. The summed E-state index contributed by atoms with van der Waals surface area (Å²) in [6.07, 6.45) is 4.87. The third-order valence-corrected chi connectivity index (χ3v) is 4.12. The van der Waals surface area contributed by atoms with Gasteiger partial charge in [0.05, 0.1) is 11.7 Å². The minimum atomic E-state index is -0.179. The lowest BCUT2D eigenvalue weighted by Gasteiger charge is -2.38. The van der Waals surface area contributed by atoms with Crippen molar-refractivity contribution in [2.45, 2.75) is 38.8 Å². The molecule has 1 atom stereocenters. The molecule has 0 spiro atoms. The molecular formula is C16H26N4O. The average Bonchev–Trinajstić information content (AvgIpc) is 2.50. The molecule has 2 rings (SSSR count). The number of nitrogens with zero attached hydrogens (tertiary/aromatic N) is 3. The molecule has 1 aliphatic heterocycles. The van der Waals surface area contributed by atoms with Crippen LogP contribution in [0.5, 0.6) is 0 Å². The van der Waals surface area contributed by atoms with Crippen molar-refractivity contribution >= 4 is 5.91 Å². The molecule has 1 aromatic heterocycles. The van der Waals surface area contributed by atoms with E-state index in [1.54, 1.807) is 0 Å². The maximum Gasteiger partial charge on any atom is 0.234 e. The largest absolute Gasteiger partial charge is 0.368 e. The SMILES string of the molecule is CCCC[C@@H](C(N)=O)N1CCN(Cc2ccccn2)CC1. The number of nitrogens with two attached hydrogens (primary N) is 1. The lowest BCUT2D eigenvalue weighted by molar-refractivity contribution is -0.124. The predicted octanol–water partition coefficient (Wildman–Crippen LogP) is 1.24. The molecule has 0 bridgehead atoms. The fraction of sp³-hybridized carbons (Fsp3) is 0.625. The standard InChI is InChI=1S/C16H26N4O/c1-2-3-7-15(16(17)21)20-11-9-19(10-12-20)13-14-6-4-5-8-18-14/h4-6,8,15H,2-3,7,9-13H2,1H3,(H2,17,21)/t15-/m0/s1. The molecule has 0 aromatic carbocycles. The Kier molecular flexibility index (Phi) is 6.14. The molecule has 2 N–H and O–H groups in total. The Balaban J connectivity index is 1.82. The second kappa shape index (κ2) is 8.10. The number of hydrogen-bond donors (Lipinski definition) is 1. The van der Waals surface area contributed by atoms with Crippen LogP contribution in [0.2, 0.25) is 0 Å². The summed E-state index contributed by atoms with van der Waals surface area (Å²) in [7, 11) is 0. The Morgan fingerprint density at radius 1 is 1.33 bits per heavy atom. The van der Waals surface area contributed by atoms with Gasteiger partial charge in [-0.3, -0.25) is 19.6 Å². The van der Waals surface area contributed by atoms with Gasteiger partial charge in [-0.25, -0.2) is 0 Å². The number of rotatable bonds is 7. The van der Waals surface area contributed by atoms with Gasteiger partial charge in [-0.15, -0.1) is 0 Å². The van der Waals surface area contributed by atoms with Crippen molar-refractivity contribution in [3.63, 3.8) is 0 Å². The molecule has 0 unspecified atom stereocenters. The fourth-order valence-electron chi connectivity index (χ4n) is 2.86. The van der Waals surface area contributed by atoms with Gasteiger partial charge in [-0.05, 0) is 18.6 Å². The molecule has 1 amide bonds. The molecule has 0 saturated carbocycles. The average molecular weight is 290 g/mol. The fourth-order valence-corrected chi connectivity index (χ4v) is 2.86. The topological polar surface area (TPSA) is 62.5 Å². The van der Waals surface area contributed by atoms with Crippen molar-refractivity contribution in [1.29, 1.82) is 0 Å². The Labute approximate surface area is 127 Å². The van der Waals surface area contributed by atoms with E-state index in [2.05, 4.69) is 27.8 Å². The van der Waals surface area contributed by atoms with Gasteiger partial charge in [0.25, 0.3) is 0 Å². The maximum atomic E-state index is 11.6. The second-order valence-electron chi connectivity index (χ2n) is 5.69. The van der Waals surface area contributed by atoms with Crippen LogP contribution in [0.1, 0.15) is 31.9 Å². The summed E-state index contributed by atoms with van der Waals surface area (Å²) in [5.41, 5.74) is 6.66. The van der Waals surface area contributed by atoms with E-state index in [9.17, 15) is 4.79 Å². The Morgan fingerprint density at radius 2 is 2.10 bits per heavy atom. The van der Waals surface area contributed by atoms with Crippen LogP contribution >= 0.6 is 0 Å². The third-order valence-electron chi connectivity index (χ3n) is 4.12. The second-order valence-corrected chi connectivity index (χ2v) is 5.69. The van der Waals surface area contributed by atoms with Crippen LogP contribution in [-0.2, 0) is 11.3 Å². The highest BCUT2D eigenvalue weighted by Gasteiger charge is 2.27. The first kappa shape index (κ1) is 15.9. The number of pyridine rings is 1. The number of amides is 1. The molecule has 5 nitrogen and oxygen atoms in total. The quantitative estimate of drug-likeness (QED) is 0.821. The normalized spacial score (nSPS) is 18.5. The molecule has 5 heteroatoms. The minimum absolute atomic E-state index is 0.0954. The van der Waals surface area contributed by atoms with Gasteiger partial charge in [0.15, 0.2) is 0 Å². The van der Waals surface area contributed by atoms with E-state index in [-0.39, 0.29) is 11.9 Å². The summed E-state index contributed by atoms with van der Waals surface area (Å²) >= 11 is 0. The lowest BCUT2D eigenvalue weighted by Crippen LogP contribution is -2.53. The highest BCUT2D eigenvalue weighted by atomic mass is 16.1. The van der Waals surface area contributed by atoms with Crippen molar-refractivity contribution in [2.75, 3.05) is 26.2 Å². The molecule has 0 radical (unpaired) electrons. The van der Waals surface area contributed by atoms with Crippen LogP contribution in [0.4, 0.5) is 0 Å². The number of hydrogen-bond acceptors (Lipinski definition) is 4. The van der Waals surface area contributed by atoms with Crippen molar-refractivity contribution in [3.05, 3.63) is 30.1 Å². The molecule has 2 heterocycles. The minimum Gasteiger partial charge on any atom is -0.368 e. The van der Waals surface area contributed by atoms with E-state index in [0.717, 1.165) is 57.7 Å². The van der Waals surface area contributed by atoms with Gasteiger partial charge < -0.3 is 5.73 Å². The Bertz CT molecular complexity index is 429. The smallest absolute Gasteiger partial charge is 0.234 e. The van der Waals surface area contributed by atoms with E-state index in [0.29, 0.717) is 0 Å². The van der Waals surface area contributed by atoms with E-state index < -0.39 is 0 Å². The van der Waals surface area contributed by atoms with Gasteiger partial charge in [0.2, 0.25) is 5.91 Å². The summed E-state index contributed by atoms with van der Waals surface area (Å²) in [5.74, 6) is -0.179. The number of carbonyl (C=O) groups is 1. The number of piperazine rings is 1. The van der Waals surface area contributed by atoms with Crippen molar-refractivity contribution in [2.24, 2.45) is 5.73 Å². The molecule has 1 fully saturated rings. The van der Waals surface area contributed by atoms with Crippen molar-refractivity contribution < 1.29 is 4.79 Å². The maximum absolute atomic E-state index is 11.6. The first-order valence-corrected chi connectivity index (χ1v) is 7.86. The van der Waals surface area contributed by atoms with Crippen LogP contribution in [0.25, 0.3) is 0 Å². The van der Waals surface area contributed by atoms with Crippen LogP contribution in [0, 0.1) is 0 Å². The summed E-state index contributed by atoms with van der Waals surface area (Å²) in [6, 6.07) is 5.92. The van der Waals surface area contributed by atoms with E-state index in [1.165, 1.54) is 0 Å². The Hall–Kier alpha value is -1.46. The third kappa shape index (κ3) is 4.79. The molecule has 21 heavy (non-hydrogen) atoms. The van der Waals surface area contributed by atoms with Crippen LogP contribution in [-0.4, -0.2) is 52.9 Å². The number of unbranched alkanes of at least 4 members (excludes halogenated alkanes) is 1. The first-order valence-electron chi connectivity index (χ1n) is 7.86. The Morgan fingerprint density at radius 3 is 2.67 bits per heavy atom.